The minimum absolute atomic E-state index is 0.906. The predicted octanol–water partition coefficient (Wildman–Crippen LogP) is 17.2. The molecule has 2 nitrogen and oxygen atoms in total. The third kappa shape index (κ3) is 6.04. The normalized spacial score (nSPS) is 11.5. The van der Waals surface area contributed by atoms with E-state index in [4.69, 9.17) is 4.42 Å². The van der Waals surface area contributed by atoms with Crippen LogP contribution < -0.4 is 4.90 Å². The van der Waals surface area contributed by atoms with Crippen LogP contribution in [0.4, 0.5) is 17.1 Å². The van der Waals surface area contributed by atoms with E-state index in [1.54, 1.807) is 0 Å². The minimum Gasteiger partial charge on any atom is -0.455 e. The number of furan rings is 1. The topological polar surface area (TPSA) is 16.4 Å². The smallest absolute Gasteiger partial charge is 0.143 e. The Hall–Kier alpha value is -8.20. The first kappa shape index (κ1) is 35.7. The maximum absolute atomic E-state index is 6.53. The summed E-state index contributed by atoms with van der Waals surface area (Å²) in [5, 5.41) is 9.54. The van der Waals surface area contributed by atoms with Crippen LogP contribution >= 0.6 is 0 Å². The van der Waals surface area contributed by atoms with Crippen LogP contribution in [0.3, 0.4) is 0 Å². The molecule has 0 aliphatic heterocycles. The first-order chi connectivity index (χ1) is 30.7. The Morgan fingerprint density at radius 3 is 1.34 bits per heavy atom. The molecule has 0 fully saturated rings. The van der Waals surface area contributed by atoms with Gasteiger partial charge in [-0.1, -0.05) is 194 Å². The lowest BCUT2D eigenvalue weighted by Crippen LogP contribution is -2.11. The molecule has 11 aromatic carbocycles. The van der Waals surface area contributed by atoms with Crippen LogP contribution in [0.2, 0.25) is 0 Å². The van der Waals surface area contributed by atoms with E-state index in [0.29, 0.717) is 0 Å². The molecule has 12 rings (SSSR count). The molecule has 1 heterocycles. The quantitative estimate of drug-likeness (QED) is 0.160. The summed E-state index contributed by atoms with van der Waals surface area (Å²) >= 11 is 0. The standard InChI is InChI=1S/C60H39NO/c1-3-16-48-42(12-1)14-9-20-50(48)44-28-26-40(27-29-44)41-30-34-46(35-31-41)61(47-36-32-45(33-37-47)51-21-10-15-43-13-2-4-17-49(43)51)58-24-7-5-18-54(58)52-22-11-23-56-53(52)38-39-57-55-19-6-8-25-59(55)62-60(56)57/h1-39H. The van der Waals surface area contributed by atoms with Gasteiger partial charge in [0.05, 0.1) is 5.69 Å². The van der Waals surface area contributed by atoms with Crippen molar-refractivity contribution in [3.63, 3.8) is 0 Å². The molecule has 0 saturated carbocycles. The molecule has 0 amide bonds. The van der Waals surface area contributed by atoms with E-state index in [1.165, 1.54) is 54.9 Å². The lowest BCUT2D eigenvalue weighted by molar-refractivity contribution is 0.672. The van der Waals surface area contributed by atoms with Crippen molar-refractivity contribution in [3.05, 3.63) is 237 Å². The largest absolute Gasteiger partial charge is 0.455 e. The third-order valence-electron chi connectivity index (χ3n) is 12.5. The lowest BCUT2D eigenvalue weighted by atomic mass is 9.94. The molecular formula is C60H39NO. The molecule has 1 aromatic heterocycles. The highest BCUT2D eigenvalue weighted by atomic mass is 16.3. The van der Waals surface area contributed by atoms with Crippen molar-refractivity contribution in [1.29, 1.82) is 0 Å². The van der Waals surface area contributed by atoms with Crippen molar-refractivity contribution in [2.45, 2.75) is 0 Å². The van der Waals surface area contributed by atoms with Gasteiger partial charge < -0.3 is 9.32 Å². The fourth-order valence-corrected chi connectivity index (χ4v) is 9.49. The van der Waals surface area contributed by atoms with E-state index in [1.807, 2.05) is 6.07 Å². The maximum Gasteiger partial charge on any atom is 0.143 e. The molecule has 0 atom stereocenters. The fourth-order valence-electron chi connectivity index (χ4n) is 9.49. The van der Waals surface area contributed by atoms with Crippen LogP contribution in [-0.4, -0.2) is 0 Å². The molecule has 290 valence electrons. The van der Waals surface area contributed by atoms with Crippen LogP contribution in [-0.2, 0) is 0 Å². The summed E-state index contributed by atoms with van der Waals surface area (Å²) in [5.74, 6) is 0. The van der Waals surface area contributed by atoms with Gasteiger partial charge in [-0.15, -0.1) is 0 Å². The number of nitrogens with zero attached hydrogens (tertiary/aromatic N) is 1. The number of rotatable bonds is 7. The summed E-state index contributed by atoms with van der Waals surface area (Å²) < 4.78 is 6.53. The fraction of sp³-hybridized carbons (Fsp3) is 0. The molecule has 0 N–H and O–H groups in total. The molecule has 0 unspecified atom stereocenters. The highest BCUT2D eigenvalue weighted by molar-refractivity contribution is 6.18. The highest BCUT2D eigenvalue weighted by Gasteiger charge is 2.20. The highest BCUT2D eigenvalue weighted by Crippen LogP contribution is 2.45. The van der Waals surface area contributed by atoms with Gasteiger partial charge in [-0.25, -0.2) is 0 Å². The van der Waals surface area contributed by atoms with Gasteiger partial charge in [0.15, 0.2) is 0 Å². The van der Waals surface area contributed by atoms with Gasteiger partial charge in [0.2, 0.25) is 0 Å². The maximum atomic E-state index is 6.53. The van der Waals surface area contributed by atoms with Gasteiger partial charge in [-0.3, -0.25) is 0 Å². The summed E-state index contributed by atoms with van der Waals surface area (Å²) in [5.41, 5.74) is 14.6. The van der Waals surface area contributed by atoms with E-state index >= 15 is 0 Å². The summed E-state index contributed by atoms with van der Waals surface area (Å²) in [7, 11) is 0. The Kier molecular flexibility index (Phi) is 8.53. The van der Waals surface area contributed by atoms with Gasteiger partial charge in [0, 0.05) is 33.1 Å². The number of fused-ring (bicyclic) bond motifs is 7. The average molecular weight is 790 g/mol. The van der Waals surface area contributed by atoms with Crippen molar-refractivity contribution in [2.24, 2.45) is 0 Å². The third-order valence-corrected chi connectivity index (χ3v) is 12.5. The Morgan fingerprint density at radius 2 is 0.677 bits per heavy atom. The van der Waals surface area contributed by atoms with E-state index in [-0.39, 0.29) is 0 Å². The first-order valence-corrected chi connectivity index (χ1v) is 21.2. The van der Waals surface area contributed by atoms with E-state index < -0.39 is 0 Å². The van der Waals surface area contributed by atoms with Gasteiger partial charge in [0.1, 0.15) is 11.2 Å². The summed E-state index contributed by atoms with van der Waals surface area (Å²) in [6.07, 6.45) is 0. The summed E-state index contributed by atoms with van der Waals surface area (Å²) in [4.78, 5) is 2.40. The zero-order chi connectivity index (χ0) is 41.0. The molecule has 0 spiro atoms. The van der Waals surface area contributed by atoms with Gasteiger partial charge >= 0.3 is 0 Å². The molecule has 12 aromatic rings. The lowest BCUT2D eigenvalue weighted by Gasteiger charge is -2.28. The van der Waals surface area contributed by atoms with Crippen LogP contribution in [0.25, 0.3) is 98.8 Å². The van der Waals surface area contributed by atoms with Gasteiger partial charge in [0.25, 0.3) is 0 Å². The average Bonchev–Trinajstić information content (AvgIpc) is 3.74. The van der Waals surface area contributed by atoms with Crippen LogP contribution in [0, 0.1) is 0 Å². The number of para-hydroxylation sites is 2. The second kappa shape index (κ2) is 14.8. The van der Waals surface area contributed by atoms with Crippen LogP contribution in [0.5, 0.6) is 0 Å². The van der Waals surface area contributed by atoms with Crippen molar-refractivity contribution in [1.82, 2.24) is 0 Å². The zero-order valence-corrected chi connectivity index (χ0v) is 33.9. The summed E-state index contributed by atoms with van der Waals surface area (Å²) in [6, 6.07) is 85.4. The van der Waals surface area contributed by atoms with Crippen LogP contribution in [0.15, 0.2) is 241 Å². The number of hydrogen-bond acceptors (Lipinski definition) is 2. The second-order valence-electron chi connectivity index (χ2n) is 16.0. The van der Waals surface area contributed by atoms with Crippen molar-refractivity contribution >= 4 is 71.3 Å². The molecule has 62 heavy (non-hydrogen) atoms. The van der Waals surface area contributed by atoms with Crippen molar-refractivity contribution in [2.75, 3.05) is 4.90 Å². The summed E-state index contributed by atoms with van der Waals surface area (Å²) in [6.45, 7) is 0. The zero-order valence-electron chi connectivity index (χ0n) is 33.9. The molecule has 0 aliphatic carbocycles. The van der Waals surface area contributed by atoms with E-state index in [0.717, 1.165) is 60.9 Å². The first-order valence-electron chi connectivity index (χ1n) is 21.2. The van der Waals surface area contributed by atoms with Crippen molar-refractivity contribution in [3.8, 4) is 44.5 Å². The minimum atomic E-state index is 0.906. The second-order valence-corrected chi connectivity index (χ2v) is 16.0. The molecular weight excluding hydrogens is 751 g/mol. The predicted molar refractivity (Wildman–Crippen MR) is 263 cm³/mol. The van der Waals surface area contributed by atoms with Gasteiger partial charge in [-0.05, 0) is 108 Å². The molecule has 0 radical (unpaired) electrons. The molecule has 0 saturated heterocycles. The Bertz CT molecular complexity index is 3610. The SMILES string of the molecule is c1ccc(N(c2ccc(-c3ccc(-c4cccc5ccccc45)cc3)cc2)c2ccc(-c3cccc4ccccc34)cc2)c(-c2cccc3c2ccc2c4ccccc4oc32)c1. The Balaban J connectivity index is 0.973. The molecule has 2 heteroatoms. The van der Waals surface area contributed by atoms with E-state index in [9.17, 15) is 0 Å². The van der Waals surface area contributed by atoms with Gasteiger partial charge in [-0.2, -0.15) is 0 Å². The number of anilines is 3. The Labute approximate surface area is 360 Å². The monoisotopic (exact) mass is 789 g/mol. The molecule has 0 aliphatic rings. The number of benzene rings is 11. The van der Waals surface area contributed by atoms with Crippen LogP contribution in [0.1, 0.15) is 0 Å². The van der Waals surface area contributed by atoms with E-state index in [2.05, 4.69) is 235 Å². The Morgan fingerprint density at radius 1 is 0.258 bits per heavy atom. The number of hydrogen-bond donors (Lipinski definition) is 0. The molecule has 0 bridgehead atoms. The van der Waals surface area contributed by atoms with Crippen molar-refractivity contribution < 1.29 is 4.42 Å².